The van der Waals surface area contributed by atoms with Crippen molar-refractivity contribution in [3.8, 4) is 0 Å². The summed E-state index contributed by atoms with van der Waals surface area (Å²) in [6, 6.07) is 41.7. The molecule has 0 fully saturated rings. The molecule has 0 atom stereocenters. The third kappa shape index (κ3) is 4.04. The second kappa shape index (κ2) is 8.28. The third-order valence-corrected chi connectivity index (χ3v) is 4.37. The summed E-state index contributed by atoms with van der Waals surface area (Å²) in [4.78, 5) is 4.42. The van der Waals surface area contributed by atoms with Crippen LogP contribution in [0.4, 0.5) is 22.7 Å². The summed E-state index contributed by atoms with van der Waals surface area (Å²) in [7, 11) is 2.15. The fraction of sp³-hybridized carbons (Fsp3) is 0. The lowest BCUT2D eigenvalue weighted by Crippen LogP contribution is -2.36. The van der Waals surface area contributed by atoms with E-state index in [0.717, 1.165) is 22.7 Å². The molecule has 1 radical (unpaired) electrons. The van der Waals surface area contributed by atoms with E-state index in [9.17, 15) is 0 Å². The standard InChI is InChI=1S/C24H20BN2/c1-5-13-21(14-6-1)26(22-15-7-2-8-16-22)25-27(23-17-9-3-10-18-23)24-19-11-4-12-20-24/h1-20H. The molecule has 3 heteroatoms. The van der Waals surface area contributed by atoms with Crippen LogP contribution in [-0.4, -0.2) is 7.55 Å². The van der Waals surface area contributed by atoms with E-state index in [1.165, 1.54) is 0 Å². The van der Waals surface area contributed by atoms with Crippen molar-refractivity contribution in [1.82, 2.24) is 0 Å². The first kappa shape index (κ1) is 17.0. The monoisotopic (exact) mass is 347 g/mol. The molecular formula is C24H20BN2. The summed E-state index contributed by atoms with van der Waals surface area (Å²) in [5, 5.41) is 0. The average molecular weight is 347 g/mol. The quantitative estimate of drug-likeness (QED) is 0.383. The molecule has 0 saturated heterocycles. The minimum atomic E-state index is 1.11. The van der Waals surface area contributed by atoms with Crippen LogP contribution in [0.1, 0.15) is 0 Å². The molecule has 0 bridgehead atoms. The summed E-state index contributed by atoms with van der Waals surface area (Å²) in [5.41, 5.74) is 4.45. The van der Waals surface area contributed by atoms with Gasteiger partial charge in [-0.05, 0) is 48.5 Å². The van der Waals surface area contributed by atoms with Gasteiger partial charge in [-0.15, -0.1) is 0 Å². The topological polar surface area (TPSA) is 6.48 Å². The van der Waals surface area contributed by atoms with E-state index >= 15 is 0 Å². The fourth-order valence-corrected chi connectivity index (χ4v) is 3.03. The number of para-hydroxylation sites is 4. The van der Waals surface area contributed by atoms with E-state index in [1.807, 2.05) is 24.3 Å². The molecule has 0 unspecified atom stereocenters. The molecule has 0 saturated carbocycles. The van der Waals surface area contributed by atoms with Gasteiger partial charge in [0.25, 0.3) is 0 Å². The normalized spacial score (nSPS) is 10.2. The Bertz CT molecular complexity index is 785. The van der Waals surface area contributed by atoms with Crippen molar-refractivity contribution >= 4 is 30.3 Å². The molecule has 4 aromatic rings. The highest BCUT2D eigenvalue weighted by molar-refractivity contribution is 6.51. The number of hydrogen-bond acceptors (Lipinski definition) is 2. The van der Waals surface area contributed by atoms with Gasteiger partial charge >= 0.3 is 7.55 Å². The lowest BCUT2D eigenvalue weighted by molar-refractivity contribution is 1.31. The zero-order chi connectivity index (χ0) is 18.3. The van der Waals surface area contributed by atoms with Gasteiger partial charge < -0.3 is 9.62 Å². The summed E-state index contributed by atoms with van der Waals surface area (Å²) < 4.78 is 0. The van der Waals surface area contributed by atoms with Gasteiger partial charge in [-0.2, -0.15) is 0 Å². The second-order valence-electron chi connectivity index (χ2n) is 6.20. The van der Waals surface area contributed by atoms with Crippen molar-refractivity contribution in [2.75, 3.05) is 9.62 Å². The molecule has 0 spiro atoms. The first-order chi connectivity index (χ1) is 13.4. The van der Waals surface area contributed by atoms with Gasteiger partial charge in [0.2, 0.25) is 0 Å². The Morgan fingerprint density at radius 2 is 0.556 bits per heavy atom. The predicted octanol–water partition coefficient (Wildman–Crippen LogP) is 6.20. The molecule has 0 aliphatic heterocycles. The van der Waals surface area contributed by atoms with Crippen molar-refractivity contribution in [1.29, 1.82) is 0 Å². The molecule has 4 rings (SSSR count). The van der Waals surface area contributed by atoms with Crippen molar-refractivity contribution in [2.45, 2.75) is 0 Å². The Kier molecular flexibility index (Phi) is 5.21. The highest BCUT2D eigenvalue weighted by atomic mass is 15.2. The van der Waals surface area contributed by atoms with Gasteiger partial charge in [0.05, 0.1) is 0 Å². The Balaban J connectivity index is 1.77. The third-order valence-electron chi connectivity index (χ3n) is 4.37. The molecule has 2 nitrogen and oxygen atoms in total. The maximum absolute atomic E-state index is 2.21. The first-order valence-corrected chi connectivity index (χ1v) is 9.05. The van der Waals surface area contributed by atoms with Crippen molar-refractivity contribution in [3.05, 3.63) is 121 Å². The van der Waals surface area contributed by atoms with E-state index < -0.39 is 0 Å². The van der Waals surface area contributed by atoms with Crippen LogP contribution in [0.3, 0.4) is 0 Å². The van der Waals surface area contributed by atoms with Crippen LogP contribution in [0.25, 0.3) is 0 Å². The minimum Gasteiger partial charge on any atom is -0.369 e. The van der Waals surface area contributed by atoms with Crippen molar-refractivity contribution < 1.29 is 0 Å². The van der Waals surface area contributed by atoms with Gasteiger partial charge in [-0.1, -0.05) is 72.8 Å². The van der Waals surface area contributed by atoms with Crippen LogP contribution in [0.5, 0.6) is 0 Å². The van der Waals surface area contributed by atoms with E-state index in [2.05, 4.69) is 114 Å². The lowest BCUT2D eigenvalue weighted by Gasteiger charge is -2.32. The minimum absolute atomic E-state index is 1.11. The summed E-state index contributed by atoms with van der Waals surface area (Å²) in [6.45, 7) is 0. The molecule has 0 N–H and O–H groups in total. The first-order valence-electron chi connectivity index (χ1n) is 9.05. The van der Waals surface area contributed by atoms with Crippen LogP contribution in [0.2, 0.25) is 0 Å². The molecule has 0 amide bonds. The summed E-state index contributed by atoms with van der Waals surface area (Å²) in [5.74, 6) is 0. The van der Waals surface area contributed by atoms with E-state index in [0.29, 0.717) is 0 Å². The second-order valence-corrected chi connectivity index (χ2v) is 6.20. The van der Waals surface area contributed by atoms with Gasteiger partial charge in [0.1, 0.15) is 0 Å². The molecule has 0 aliphatic rings. The number of benzene rings is 4. The van der Waals surface area contributed by atoms with E-state index in [4.69, 9.17) is 0 Å². The Morgan fingerprint density at radius 1 is 0.333 bits per heavy atom. The highest BCUT2D eigenvalue weighted by Crippen LogP contribution is 2.29. The average Bonchev–Trinajstić information content (AvgIpc) is 2.77. The SMILES string of the molecule is [B](N(c1ccccc1)c1ccccc1)N(c1ccccc1)c1ccccc1. The van der Waals surface area contributed by atoms with Gasteiger partial charge in [0.15, 0.2) is 0 Å². The Hall–Kier alpha value is -3.46. The number of anilines is 4. The molecule has 129 valence electrons. The number of hydrogen-bond donors (Lipinski definition) is 0. The predicted molar refractivity (Wildman–Crippen MR) is 116 cm³/mol. The molecular weight excluding hydrogens is 327 g/mol. The van der Waals surface area contributed by atoms with Gasteiger partial charge in [0, 0.05) is 22.7 Å². The van der Waals surface area contributed by atoms with Gasteiger partial charge in [-0.25, -0.2) is 0 Å². The molecule has 0 aromatic heterocycles. The van der Waals surface area contributed by atoms with Crippen LogP contribution >= 0.6 is 0 Å². The van der Waals surface area contributed by atoms with Crippen LogP contribution in [0.15, 0.2) is 121 Å². The highest BCUT2D eigenvalue weighted by Gasteiger charge is 2.19. The Labute approximate surface area is 161 Å². The fourth-order valence-electron chi connectivity index (χ4n) is 3.03. The van der Waals surface area contributed by atoms with E-state index in [1.54, 1.807) is 0 Å². The maximum Gasteiger partial charge on any atom is 0.401 e. The molecule has 0 heterocycles. The smallest absolute Gasteiger partial charge is 0.369 e. The van der Waals surface area contributed by atoms with Crippen molar-refractivity contribution in [3.63, 3.8) is 0 Å². The largest absolute Gasteiger partial charge is 0.401 e. The number of rotatable bonds is 6. The molecule has 0 aliphatic carbocycles. The van der Waals surface area contributed by atoms with E-state index in [-0.39, 0.29) is 0 Å². The lowest BCUT2D eigenvalue weighted by atomic mass is 9.97. The van der Waals surface area contributed by atoms with Crippen LogP contribution < -0.4 is 9.62 Å². The zero-order valence-corrected chi connectivity index (χ0v) is 15.0. The Morgan fingerprint density at radius 3 is 0.778 bits per heavy atom. The summed E-state index contributed by atoms with van der Waals surface area (Å²) >= 11 is 0. The van der Waals surface area contributed by atoms with Crippen molar-refractivity contribution in [2.24, 2.45) is 0 Å². The molecule has 27 heavy (non-hydrogen) atoms. The summed E-state index contributed by atoms with van der Waals surface area (Å²) in [6.07, 6.45) is 0. The van der Waals surface area contributed by atoms with Gasteiger partial charge in [-0.3, -0.25) is 0 Å². The van der Waals surface area contributed by atoms with Crippen LogP contribution in [-0.2, 0) is 0 Å². The van der Waals surface area contributed by atoms with Crippen LogP contribution in [0, 0.1) is 0 Å². The zero-order valence-electron chi connectivity index (χ0n) is 15.0. The maximum atomic E-state index is 2.21. The molecule has 4 aromatic carbocycles. The number of nitrogens with zero attached hydrogens (tertiary/aromatic N) is 2.